The van der Waals surface area contributed by atoms with E-state index < -0.39 is 24.7 Å². The Balaban J connectivity index is 1.13. The topological polar surface area (TPSA) is 103 Å². The summed E-state index contributed by atoms with van der Waals surface area (Å²) in [5.74, 6) is -0.545. The molecule has 8 nitrogen and oxygen atoms in total. The molecular weight excluding hydrogens is 493 g/mol. The van der Waals surface area contributed by atoms with Gasteiger partial charge < -0.3 is 20.1 Å². The van der Waals surface area contributed by atoms with Crippen LogP contribution in [0.4, 0.5) is 13.2 Å². The quantitative estimate of drug-likeness (QED) is 0.574. The van der Waals surface area contributed by atoms with E-state index in [4.69, 9.17) is 21.1 Å². The van der Waals surface area contributed by atoms with Gasteiger partial charge in [-0.2, -0.15) is 0 Å². The highest BCUT2D eigenvalue weighted by molar-refractivity contribution is 6.31. The van der Waals surface area contributed by atoms with Crippen LogP contribution in [0.25, 0.3) is 0 Å². The maximum absolute atomic E-state index is 12.7. The van der Waals surface area contributed by atoms with Crippen LogP contribution < -0.4 is 15.4 Å². The lowest BCUT2D eigenvalue weighted by molar-refractivity contribution is -0.357. The summed E-state index contributed by atoms with van der Waals surface area (Å²) in [6, 6.07) is 4.52. The average molecular weight is 519 g/mol. The molecule has 1 aliphatic heterocycles. The van der Waals surface area contributed by atoms with Crippen LogP contribution in [0.5, 0.6) is 5.75 Å². The van der Waals surface area contributed by atoms with Crippen molar-refractivity contribution in [1.82, 2.24) is 10.6 Å². The molecule has 0 radical (unpaired) electrons. The lowest BCUT2D eigenvalue weighted by Crippen LogP contribution is -2.49. The summed E-state index contributed by atoms with van der Waals surface area (Å²) in [6.07, 6.45) is -4.18. The number of hydrogen-bond acceptors (Lipinski definition) is 6. The van der Waals surface area contributed by atoms with Gasteiger partial charge in [0.05, 0.1) is 24.2 Å². The molecule has 4 rings (SSSR count). The Kier molecular flexibility index (Phi) is 7.87. The van der Waals surface area contributed by atoms with E-state index in [1.165, 1.54) is 6.07 Å². The van der Waals surface area contributed by atoms with E-state index in [2.05, 4.69) is 15.4 Å². The van der Waals surface area contributed by atoms with Gasteiger partial charge in [-0.05, 0) is 43.9 Å². The van der Waals surface area contributed by atoms with E-state index in [0.29, 0.717) is 42.0 Å². The van der Waals surface area contributed by atoms with Gasteiger partial charge in [0.2, 0.25) is 5.91 Å². The number of ketones is 1. The van der Waals surface area contributed by atoms with E-state index in [0.717, 1.165) is 0 Å². The van der Waals surface area contributed by atoms with Crippen LogP contribution in [-0.2, 0) is 19.1 Å². The second-order valence-electron chi connectivity index (χ2n) is 9.09. The van der Waals surface area contributed by atoms with Crippen LogP contribution in [-0.4, -0.2) is 61.0 Å². The fourth-order valence-corrected chi connectivity index (χ4v) is 4.69. The van der Waals surface area contributed by atoms with Crippen molar-refractivity contribution in [1.29, 1.82) is 0 Å². The van der Waals surface area contributed by atoms with Crippen LogP contribution in [0.15, 0.2) is 18.2 Å². The first kappa shape index (κ1) is 25.7. The number of amides is 2. The number of carbonyl (C=O) groups excluding carboxylic acids is 3. The molecule has 0 unspecified atom stereocenters. The fraction of sp³-hybridized carbons (Fsp3) is 0.609. The number of nitrogens with one attached hydrogen (secondary N) is 2. The van der Waals surface area contributed by atoms with Crippen LogP contribution in [0, 0.1) is 0 Å². The molecule has 35 heavy (non-hydrogen) atoms. The molecule has 0 saturated heterocycles. The minimum absolute atomic E-state index is 0.0609. The Labute approximate surface area is 204 Å². The Morgan fingerprint density at radius 3 is 2.37 bits per heavy atom. The predicted molar refractivity (Wildman–Crippen MR) is 117 cm³/mol. The summed E-state index contributed by atoms with van der Waals surface area (Å²) < 4.78 is 51.3. The molecule has 192 valence electrons. The molecular formula is C23H26ClF3N2O6. The number of carbonyl (C=O) groups is 3. The molecule has 2 amide bonds. The van der Waals surface area contributed by atoms with Gasteiger partial charge >= 0.3 is 6.36 Å². The second kappa shape index (κ2) is 10.7. The van der Waals surface area contributed by atoms with Crippen molar-refractivity contribution in [3.63, 3.8) is 0 Å². The summed E-state index contributed by atoms with van der Waals surface area (Å²) in [5.41, 5.74) is 0.369. The minimum Gasteiger partial charge on any atom is -0.479 e. The van der Waals surface area contributed by atoms with Gasteiger partial charge in [-0.3, -0.25) is 19.1 Å². The molecule has 2 saturated carbocycles. The van der Waals surface area contributed by atoms with Crippen LogP contribution in [0.3, 0.4) is 0 Å². The Bertz CT molecular complexity index is 961. The monoisotopic (exact) mass is 518 g/mol. The Hall–Kier alpha value is -2.37. The lowest BCUT2D eigenvalue weighted by atomic mass is 9.90. The first-order valence-electron chi connectivity index (χ1n) is 11.5. The molecule has 0 spiro atoms. The number of rotatable bonds is 7. The first-order valence-corrected chi connectivity index (χ1v) is 11.9. The van der Waals surface area contributed by atoms with E-state index in [-0.39, 0.29) is 55.6 Å². The zero-order valence-corrected chi connectivity index (χ0v) is 19.5. The van der Waals surface area contributed by atoms with E-state index in [1.54, 1.807) is 12.1 Å². The van der Waals surface area contributed by atoms with Gasteiger partial charge in [0.25, 0.3) is 5.91 Å². The number of ether oxygens (including phenoxy) is 3. The van der Waals surface area contributed by atoms with Crippen LogP contribution in [0.2, 0.25) is 5.02 Å². The molecule has 0 bridgehead atoms. The molecule has 12 heteroatoms. The third kappa shape index (κ3) is 7.08. The van der Waals surface area contributed by atoms with Crippen molar-refractivity contribution >= 4 is 29.2 Å². The molecule has 2 N–H and O–H groups in total. The van der Waals surface area contributed by atoms with Gasteiger partial charge in [-0.15, -0.1) is 13.2 Å². The summed E-state index contributed by atoms with van der Waals surface area (Å²) in [4.78, 5) is 37.1. The smallest absolute Gasteiger partial charge is 0.479 e. The number of Topliss-reactive ketones (excluding diaryl/α,β-unsaturated/α-hetero) is 1. The maximum atomic E-state index is 12.7. The van der Waals surface area contributed by atoms with Crippen LogP contribution >= 0.6 is 11.6 Å². The van der Waals surface area contributed by atoms with Crippen molar-refractivity contribution in [2.45, 2.75) is 81.7 Å². The first-order chi connectivity index (χ1) is 16.6. The van der Waals surface area contributed by atoms with Gasteiger partial charge in [0, 0.05) is 29.9 Å². The molecule has 1 atom stereocenters. The van der Waals surface area contributed by atoms with Gasteiger partial charge in [-0.25, -0.2) is 0 Å². The largest absolute Gasteiger partial charge is 0.522 e. The number of fused-ring (bicyclic) bond motifs is 1. The predicted octanol–water partition coefficient (Wildman–Crippen LogP) is 3.30. The number of alkyl halides is 3. The highest BCUT2D eigenvalue weighted by atomic mass is 35.5. The molecule has 1 aromatic rings. The SMILES string of the molecule is O=C(CO[C@H]1C[C@@H](OC(F)(F)F)C1)N[C@H]1CC[C@H](NC(=O)[C@H]2CC(=O)c3cc(Cl)ccc3O2)CC1. The van der Waals surface area contributed by atoms with E-state index >= 15 is 0 Å². The van der Waals surface area contributed by atoms with Crippen molar-refractivity contribution in [3.05, 3.63) is 28.8 Å². The highest BCUT2D eigenvalue weighted by Gasteiger charge is 2.41. The second-order valence-corrected chi connectivity index (χ2v) is 9.53. The summed E-state index contributed by atoms with van der Waals surface area (Å²) in [6.45, 7) is -0.222. The molecule has 2 aliphatic carbocycles. The molecule has 3 aliphatic rings. The highest BCUT2D eigenvalue weighted by Crippen LogP contribution is 2.32. The Morgan fingerprint density at radius 2 is 1.71 bits per heavy atom. The van der Waals surface area contributed by atoms with Crippen molar-refractivity contribution in [2.75, 3.05) is 6.61 Å². The summed E-state index contributed by atoms with van der Waals surface area (Å²) in [7, 11) is 0. The Morgan fingerprint density at radius 1 is 1.06 bits per heavy atom. The van der Waals surface area contributed by atoms with Gasteiger partial charge in [0.1, 0.15) is 12.4 Å². The molecule has 1 heterocycles. The van der Waals surface area contributed by atoms with Crippen molar-refractivity contribution < 1.29 is 41.8 Å². The standard InChI is InChI=1S/C23H26ClF3N2O6/c24-12-1-6-19-17(7-12)18(30)10-20(34-19)22(32)29-14-4-2-13(3-5-14)28-21(31)11-33-15-8-16(9-15)35-23(25,26)27/h1,6-7,13-16,20H,2-5,8-11H2,(H,28,31)(H,29,32)/t13-,14-,15-,16+,20-/m1/s1. The van der Waals surface area contributed by atoms with Crippen molar-refractivity contribution in [3.8, 4) is 5.75 Å². The van der Waals surface area contributed by atoms with Gasteiger partial charge in [-0.1, -0.05) is 11.6 Å². The van der Waals surface area contributed by atoms with Gasteiger partial charge in [0.15, 0.2) is 11.9 Å². The molecule has 2 fully saturated rings. The van der Waals surface area contributed by atoms with E-state index in [1.807, 2.05) is 0 Å². The average Bonchev–Trinajstić information content (AvgIpc) is 2.76. The zero-order valence-electron chi connectivity index (χ0n) is 18.7. The third-order valence-corrected chi connectivity index (χ3v) is 6.65. The normalized spacial score (nSPS) is 28.3. The fourth-order valence-electron chi connectivity index (χ4n) is 4.52. The lowest BCUT2D eigenvalue weighted by Gasteiger charge is -2.35. The zero-order chi connectivity index (χ0) is 25.2. The minimum atomic E-state index is -4.66. The van der Waals surface area contributed by atoms with Crippen LogP contribution in [0.1, 0.15) is 55.3 Å². The molecule has 1 aromatic carbocycles. The maximum Gasteiger partial charge on any atom is 0.522 e. The third-order valence-electron chi connectivity index (χ3n) is 6.42. The summed E-state index contributed by atoms with van der Waals surface area (Å²) in [5, 5.41) is 6.21. The number of halogens is 4. The molecule has 0 aromatic heterocycles. The van der Waals surface area contributed by atoms with E-state index in [9.17, 15) is 27.6 Å². The summed E-state index contributed by atoms with van der Waals surface area (Å²) >= 11 is 5.92. The number of benzene rings is 1. The van der Waals surface area contributed by atoms with Crippen molar-refractivity contribution in [2.24, 2.45) is 0 Å². The number of hydrogen-bond donors (Lipinski definition) is 2.